The molecule has 26 heavy (non-hydrogen) atoms. The number of carbonyl (C=O) groups is 3. The molecule has 0 saturated carbocycles. The maximum absolute atomic E-state index is 12.4. The molecule has 2 N–H and O–H groups in total. The Hall–Kier alpha value is -2.00. The molecule has 0 aromatic carbocycles. The van der Waals surface area contributed by atoms with E-state index in [1.54, 1.807) is 6.20 Å². The van der Waals surface area contributed by atoms with Crippen molar-refractivity contribution in [3.63, 3.8) is 0 Å². The van der Waals surface area contributed by atoms with Crippen LogP contribution in [0.25, 0.3) is 0 Å². The number of hydrogen-bond donors (Lipinski definition) is 2. The minimum absolute atomic E-state index is 0.0975. The molecule has 0 spiro atoms. The first-order valence-electron chi connectivity index (χ1n) is 8.36. The van der Waals surface area contributed by atoms with Crippen LogP contribution in [0.4, 0.5) is 0 Å². The first-order chi connectivity index (χ1) is 12.3. The number of fused-ring (bicyclic) bond motifs is 1. The molecular weight excluding hydrogens is 406 g/mol. The molecule has 8 nitrogen and oxygen atoms in total. The van der Waals surface area contributed by atoms with E-state index in [9.17, 15) is 4.79 Å². The fourth-order valence-corrected chi connectivity index (χ4v) is 3.32. The lowest BCUT2D eigenvalue weighted by Crippen LogP contribution is -2.39. The van der Waals surface area contributed by atoms with Gasteiger partial charge in [-0.2, -0.15) is 0 Å². The third kappa shape index (κ3) is 5.50. The lowest BCUT2D eigenvalue weighted by atomic mass is 9.97. The minimum atomic E-state index is -1.82. The number of aromatic nitrogens is 1. The Bertz CT molecular complexity index is 681. The van der Waals surface area contributed by atoms with Crippen LogP contribution < -0.4 is 0 Å². The van der Waals surface area contributed by atoms with Crippen LogP contribution in [-0.2, 0) is 16.0 Å². The second-order valence-corrected chi connectivity index (χ2v) is 7.41. The van der Waals surface area contributed by atoms with Crippen LogP contribution in [0.15, 0.2) is 16.7 Å². The molecule has 1 saturated heterocycles. The third-order valence-electron chi connectivity index (χ3n) is 4.51. The summed E-state index contributed by atoms with van der Waals surface area (Å²) in [6.07, 6.45) is 5.19. The Morgan fingerprint density at radius 1 is 1.31 bits per heavy atom. The predicted octanol–water partition coefficient (Wildman–Crippen LogP) is 1.34. The average Bonchev–Trinajstić information content (AvgIpc) is 2.64. The summed E-state index contributed by atoms with van der Waals surface area (Å²) >= 11 is 3.41. The lowest BCUT2D eigenvalue weighted by molar-refractivity contribution is -0.159. The third-order valence-corrected chi connectivity index (χ3v) is 4.95. The van der Waals surface area contributed by atoms with Crippen LogP contribution in [0.2, 0.25) is 0 Å². The second kappa shape index (κ2) is 9.09. The van der Waals surface area contributed by atoms with E-state index in [1.807, 2.05) is 18.0 Å². The summed E-state index contributed by atoms with van der Waals surface area (Å²) in [7, 11) is 1.90. The van der Waals surface area contributed by atoms with Gasteiger partial charge in [-0.3, -0.25) is 9.78 Å². The van der Waals surface area contributed by atoms with E-state index in [4.69, 9.17) is 19.8 Å². The number of halogens is 1. The van der Waals surface area contributed by atoms with Crippen molar-refractivity contribution in [3.05, 3.63) is 28.0 Å². The van der Waals surface area contributed by atoms with Crippen LogP contribution in [0.1, 0.15) is 28.9 Å². The Kier molecular flexibility index (Phi) is 7.10. The lowest BCUT2D eigenvalue weighted by Gasteiger charge is -2.32. The summed E-state index contributed by atoms with van der Waals surface area (Å²) in [5.74, 6) is -3.04. The van der Waals surface area contributed by atoms with Crippen LogP contribution in [-0.4, -0.2) is 76.1 Å². The second-order valence-electron chi connectivity index (χ2n) is 6.50. The summed E-state index contributed by atoms with van der Waals surface area (Å²) in [5, 5.41) is 14.8. The highest BCUT2D eigenvalue weighted by atomic mass is 79.9. The molecule has 1 aromatic heterocycles. The van der Waals surface area contributed by atoms with Gasteiger partial charge >= 0.3 is 11.9 Å². The van der Waals surface area contributed by atoms with Crippen molar-refractivity contribution < 1.29 is 24.6 Å². The van der Waals surface area contributed by atoms with Crippen LogP contribution in [0.5, 0.6) is 0 Å². The van der Waals surface area contributed by atoms with Crippen molar-refractivity contribution in [1.29, 1.82) is 0 Å². The number of aliphatic carboxylic acids is 2. The maximum Gasteiger partial charge on any atom is 0.414 e. The van der Waals surface area contributed by atoms with E-state index in [0.29, 0.717) is 5.92 Å². The average molecular weight is 428 g/mol. The molecule has 0 bridgehead atoms. The number of hydrogen-bond acceptors (Lipinski definition) is 5. The van der Waals surface area contributed by atoms with Gasteiger partial charge in [0, 0.05) is 24.3 Å². The highest BCUT2D eigenvalue weighted by Crippen LogP contribution is 2.24. The van der Waals surface area contributed by atoms with E-state index in [1.165, 1.54) is 19.5 Å². The zero-order valence-corrected chi connectivity index (χ0v) is 16.1. The van der Waals surface area contributed by atoms with Gasteiger partial charge in [0.1, 0.15) is 0 Å². The molecular formula is C17H22BrN3O5. The normalized spacial score (nSPS) is 19.5. The van der Waals surface area contributed by atoms with Crippen molar-refractivity contribution in [2.75, 3.05) is 33.2 Å². The first kappa shape index (κ1) is 20.3. The van der Waals surface area contributed by atoms with Gasteiger partial charge in [-0.25, -0.2) is 9.59 Å². The Morgan fingerprint density at radius 2 is 1.96 bits per heavy atom. The molecule has 1 fully saturated rings. The number of carbonyl (C=O) groups excluding carboxylic acids is 1. The minimum Gasteiger partial charge on any atom is -0.473 e. The van der Waals surface area contributed by atoms with Crippen molar-refractivity contribution in [3.8, 4) is 0 Å². The largest absolute Gasteiger partial charge is 0.473 e. The Labute approximate surface area is 159 Å². The van der Waals surface area contributed by atoms with E-state index in [-0.39, 0.29) is 5.91 Å². The van der Waals surface area contributed by atoms with Crippen molar-refractivity contribution in [2.45, 2.75) is 19.3 Å². The van der Waals surface area contributed by atoms with Crippen molar-refractivity contribution in [1.82, 2.24) is 14.8 Å². The quantitative estimate of drug-likeness (QED) is 0.699. The van der Waals surface area contributed by atoms with E-state index < -0.39 is 11.9 Å². The number of amides is 1. The number of likely N-dealkylation sites (tertiary alicyclic amines) is 1. The molecule has 2 aliphatic rings. The zero-order chi connectivity index (χ0) is 19.3. The topological polar surface area (TPSA) is 111 Å². The zero-order valence-electron chi connectivity index (χ0n) is 14.5. The van der Waals surface area contributed by atoms with E-state index >= 15 is 0 Å². The van der Waals surface area contributed by atoms with Gasteiger partial charge in [-0.05, 0) is 66.8 Å². The van der Waals surface area contributed by atoms with E-state index in [0.717, 1.165) is 41.7 Å². The maximum atomic E-state index is 12.4. The standard InChI is InChI=1S/C15H20BrN3O.C2H2O4/c1-18-10-11(3-6-19-4-2-5-19)7-14-13(15(18)20)8-12(16)9-17-14;3-1(4)2(5)6/h8-9,11H,2-7,10H2,1H3;(H,3,4)(H,5,6). The van der Waals surface area contributed by atoms with Crippen LogP contribution >= 0.6 is 15.9 Å². The van der Waals surface area contributed by atoms with Gasteiger partial charge in [-0.15, -0.1) is 0 Å². The van der Waals surface area contributed by atoms with Gasteiger partial charge in [0.15, 0.2) is 0 Å². The van der Waals surface area contributed by atoms with Gasteiger partial charge in [0.2, 0.25) is 0 Å². The Balaban J connectivity index is 0.000000352. The molecule has 9 heteroatoms. The molecule has 0 radical (unpaired) electrons. The fourth-order valence-electron chi connectivity index (χ4n) is 2.99. The number of carboxylic acids is 2. The molecule has 3 heterocycles. The number of carboxylic acid groups (broad SMARTS) is 2. The summed E-state index contributed by atoms with van der Waals surface area (Å²) in [5.41, 5.74) is 1.71. The Morgan fingerprint density at radius 3 is 2.50 bits per heavy atom. The van der Waals surface area contributed by atoms with E-state index in [2.05, 4.69) is 25.8 Å². The van der Waals surface area contributed by atoms with Crippen LogP contribution in [0, 0.1) is 5.92 Å². The van der Waals surface area contributed by atoms with Gasteiger partial charge in [0.25, 0.3) is 5.91 Å². The summed E-state index contributed by atoms with van der Waals surface area (Å²) in [4.78, 5) is 39.4. The molecule has 0 aliphatic carbocycles. The fraction of sp³-hybridized carbons (Fsp3) is 0.529. The molecule has 2 aliphatic heterocycles. The summed E-state index contributed by atoms with van der Waals surface area (Å²) in [6, 6.07) is 1.90. The monoisotopic (exact) mass is 427 g/mol. The number of nitrogens with zero attached hydrogens (tertiary/aromatic N) is 3. The first-order valence-corrected chi connectivity index (χ1v) is 9.15. The molecule has 142 valence electrons. The number of pyridine rings is 1. The SMILES string of the molecule is CN1CC(CCN2CCC2)Cc2ncc(Br)cc2C1=O.O=C(O)C(=O)O. The van der Waals surface area contributed by atoms with Gasteiger partial charge in [-0.1, -0.05) is 0 Å². The molecule has 1 unspecified atom stereocenters. The summed E-state index contributed by atoms with van der Waals surface area (Å²) < 4.78 is 0.872. The van der Waals surface area contributed by atoms with Crippen molar-refractivity contribution >= 4 is 33.8 Å². The highest BCUT2D eigenvalue weighted by Gasteiger charge is 2.27. The number of rotatable bonds is 3. The van der Waals surface area contributed by atoms with Gasteiger partial charge in [0.05, 0.1) is 11.3 Å². The molecule has 3 rings (SSSR count). The van der Waals surface area contributed by atoms with Gasteiger partial charge < -0.3 is 20.0 Å². The molecule has 1 aromatic rings. The predicted molar refractivity (Wildman–Crippen MR) is 97.0 cm³/mol. The smallest absolute Gasteiger partial charge is 0.414 e. The van der Waals surface area contributed by atoms with Crippen molar-refractivity contribution in [2.24, 2.45) is 5.92 Å². The molecule has 1 atom stereocenters. The molecule has 1 amide bonds. The highest BCUT2D eigenvalue weighted by molar-refractivity contribution is 9.10. The summed E-state index contributed by atoms with van der Waals surface area (Å²) in [6.45, 7) is 4.46. The van der Waals surface area contributed by atoms with Crippen LogP contribution in [0.3, 0.4) is 0 Å².